The average molecular weight is 416 g/mol. The SMILES string of the molecule is Nc1c(Nc2ccc(Cl)c(Cl)c2)ncnc1N1CCN(c2ccccn2)CC1. The molecule has 1 aromatic carbocycles. The van der Waals surface area contributed by atoms with Crippen LogP contribution >= 0.6 is 23.2 Å². The fourth-order valence-corrected chi connectivity index (χ4v) is 3.43. The third kappa shape index (κ3) is 3.90. The molecule has 1 aliphatic heterocycles. The molecule has 2 aromatic heterocycles. The summed E-state index contributed by atoms with van der Waals surface area (Å²) in [6.45, 7) is 3.28. The number of piperazine rings is 1. The fourth-order valence-electron chi connectivity index (χ4n) is 3.14. The molecule has 1 saturated heterocycles. The Labute approximate surface area is 173 Å². The summed E-state index contributed by atoms with van der Waals surface area (Å²) in [5.74, 6) is 2.24. The van der Waals surface area contributed by atoms with Gasteiger partial charge in [-0.05, 0) is 30.3 Å². The number of halogens is 2. The standard InChI is InChI=1S/C19H19Cl2N7/c20-14-5-4-13(11-15(14)21)26-18-17(22)19(25-12-24-18)28-9-7-27(8-10-28)16-3-1-2-6-23-16/h1-6,11-12H,7-10,22H2,(H,24,25,26). The van der Waals surface area contributed by atoms with Crippen LogP contribution in [0.4, 0.5) is 28.8 Å². The van der Waals surface area contributed by atoms with Crippen molar-refractivity contribution in [3.05, 3.63) is 59.0 Å². The van der Waals surface area contributed by atoms with Gasteiger partial charge in [0.15, 0.2) is 11.6 Å². The van der Waals surface area contributed by atoms with Crippen molar-refractivity contribution in [2.24, 2.45) is 0 Å². The summed E-state index contributed by atoms with van der Waals surface area (Å²) in [7, 11) is 0. The Morgan fingerprint density at radius 3 is 2.39 bits per heavy atom. The number of nitrogens with zero attached hydrogens (tertiary/aromatic N) is 5. The minimum absolute atomic E-state index is 0.463. The first-order valence-corrected chi connectivity index (χ1v) is 9.61. The van der Waals surface area contributed by atoms with Crippen molar-refractivity contribution in [1.29, 1.82) is 0 Å². The van der Waals surface area contributed by atoms with Gasteiger partial charge in [0, 0.05) is 38.1 Å². The molecule has 0 amide bonds. The maximum atomic E-state index is 6.36. The molecular weight excluding hydrogens is 397 g/mol. The van der Waals surface area contributed by atoms with E-state index in [0.29, 0.717) is 21.6 Å². The van der Waals surface area contributed by atoms with E-state index in [4.69, 9.17) is 28.9 Å². The van der Waals surface area contributed by atoms with Crippen molar-refractivity contribution in [3.8, 4) is 0 Å². The van der Waals surface area contributed by atoms with Crippen LogP contribution in [0.1, 0.15) is 0 Å². The summed E-state index contributed by atoms with van der Waals surface area (Å²) in [5, 5.41) is 4.15. The van der Waals surface area contributed by atoms with Crippen LogP contribution in [0.15, 0.2) is 48.9 Å². The Bertz CT molecular complexity index is 960. The number of nitrogen functional groups attached to an aromatic ring is 1. The number of hydrogen-bond acceptors (Lipinski definition) is 7. The minimum Gasteiger partial charge on any atom is -0.393 e. The van der Waals surface area contributed by atoms with Gasteiger partial charge in [0.1, 0.15) is 17.8 Å². The Morgan fingerprint density at radius 2 is 1.68 bits per heavy atom. The zero-order chi connectivity index (χ0) is 19.5. The molecule has 144 valence electrons. The van der Waals surface area contributed by atoms with Gasteiger partial charge in [0.05, 0.1) is 10.0 Å². The number of hydrogen-bond donors (Lipinski definition) is 2. The van der Waals surface area contributed by atoms with Crippen LogP contribution in [0.5, 0.6) is 0 Å². The molecule has 0 radical (unpaired) electrons. The monoisotopic (exact) mass is 415 g/mol. The number of benzene rings is 1. The fraction of sp³-hybridized carbons (Fsp3) is 0.211. The number of pyridine rings is 1. The Morgan fingerprint density at radius 1 is 0.893 bits per heavy atom. The van der Waals surface area contributed by atoms with Crippen LogP contribution < -0.4 is 20.9 Å². The highest BCUT2D eigenvalue weighted by Gasteiger charge is 2.22. The molecule has 0 spiro atoms. The van der Waals surface area contributed by atoms with Crippen molar-refractivity contribution in [2.75, 3.05) is 47.0 Å². The minimum atomic E-state index is 0.463. The zero-order valence-corrected chi connectivity index (χ0v) is 16.5. The van der Waals surface area contributed by atoms with E-state index < -0.39 is 0 Å². The molecule has 9 heteroatoms. The van der Waals surface area contributed by atoms with Crippen LogP contribution in [-0.2, 0) is 0 Å². The first-order chi connectivity index (χ1) is 13.6. The molecule has 0 atom stereocenters. The molecule has 3 aromatic rings. The van der Waals surface area contributed by atoms with E-state index in [1.807, 2.05) is 30.5 Å². The van der Waals surface area contributed by atoms with Crippen molar-refractivity contribution in [1.82, 2.24) is 15.0 Å². The molecule has 1 aliphatic rings. The van der Waals surface area contributed by atoms with Crippen LogP contribution in [0.2, 0.25) is 10.0 Å². The lowest BCUT2D eigenvalue weighted by atomic mass is 10.2. The maximum absolute atomic E-state index is 6.36. The second-order valence-electron chi connectivity index (χ2n) is 6.38. The predicted octanol–water partition coefficient (Wildman–Crippen LogP) is 3.83. The van der Waals surface area contributed by atoms with E-state index in [1.165, 1.54) is 6.33 Å². The van der Waals surface area contributed by atoms with Crippen molar-refractivity contribution in [3.63, 3.8) is 0 Å². The second kappa shape index (κ2) is 8.08. The van der Waals surface area contributed by atoms with Crippen molar-refractivity contribution >= 4 is 52.0 Å². The van der Waals surface area contributed by atoms with Crippen molar-refractivity contribution < 1.29 is 0 Å². The lowest BCUT2D eigenvalue weighted by Gasteiger charge is -2.36. The highest BCUT2D eigenvalue weighted by atomic mass is 35.5. The lowest BCUT2D eigenvalue weighted by Crippen LogP contribution is -2.47. The van der Waals surface area contributed by atoms with Crippen LogP contribution in [0, 0.1) is 0 Å². The van der Waals surface area contributed by atoms with Gasteiger partial charge in [-0.15, -0.1) is 0 Å². The average Bonchev–Trinajstić information content (AvgIpc) is 2.73. The van der Waals surface area contributed by atoms with Gasteiger partial charge in [-0.2, -0.15) is 0 Å². The third-order valence-corrected chi connectivity index (χ3v) is 5.34. The highest BCUT2D eigenvalue weighted by Crippen LogP contribution is 2.31. The molecule has 4 rings (SSSR count). The highest BCUT2D eigenvalue weighted by molar-refractivity contribution is 6.42. The van der Waals surface area contributed by atoms with E-state index >= 15 is 0 Å². The number of anilines is 5. The summed E-state index contributed by atoms with van der Waals surface area (Å²) in [6.07, 6.45) is 3.32. The Kier molecular flexibility index (Phi) is 5.36. The third-order valence-electron chi connectivity index (χ3n) is 4.60. The van der Waals surface area contributed by atoms with Crippen LogP contribution in [0.25, 0.3) is 0 Å². The lowest BCUT2D eigenvalue weighted by molar-refractivity contribution is 0.642. The van der Waals surface area contributed by atoms with Gasteiger partial charge < -0.3 is 20.9 Å². The second-order valence-corrected chi connectivity index (χ2v) is 7.19. The first kappa shape index (κ1) is 18.6. The van der Waals surface area contributed by atoms with Gasteiger partial charge in [-0.25, -0.2) is 15.0 Å². The molecule has 0 aliphatic carbocycles. The summed E-state index contributed by atoms with van der Waals surface area (Å²) < 4.78 is 0. The molecule has 0 saturated carbocycles. The molecule has 3 N–H and O–H groups in total. The molecule has 1 fully saturated rings. The van der Waals surface area contributed by atoms with Gasteiger partial charge in [0.25, 0.3) is 0 Å². The first-order valence-electron chi connectivity index (χ1n) is 8.85. The van der Waals surface area contributed by atoms with E-state index in [1.54, 1.807) is 12.1 Å². The summed E-state index contributed by atoms with van der Waals surface area (Å²) >= 11 is 12.1. The smallest absolute Gasteiger partial charge is 0.159 e. The molecule has 28 heavy (non-hydrogen) atoms. The van der Waals surface area contributed by atoms with Gasteiger partial charge in [-0.1, -0.05) is 29.3 Å². The van der Waals surface area contributed by atoms with Gasteiger partial charge in [-0.3, -0.25) is 0 Å². The summed E-state index contributed by atoms with van der Waals surface area (Å²) in [6, 6.07) is 11.2. The summed E-state index contributed by atoms with van der Waals surface area (Å²) in [4.78, 5) is 17.5. The van der Waals surface area contributed by atoms with Crippen LogP contribution in [-0.4, -0.2) is 41.1 Å². The van der Waals surface area contributed by atoms with Gasteiger partial charge in [0.2, 0.25) is 0 Å². The van der Waals surface area contributed by atoms with E-state index in [-0.39, 0.29) is 0 Å². The topological polar surface area (TPSA) is 83.2 Å². The maximum Gasteiger partial charge on any atom is 0.159 e. The molecule has 0 unspecified atom stereocenters. The van der Waals surface area contributed by atoms with E-state index in [2.05, 4.69) is 30.1 Å². The number of rotatable bonds is 4. The molecule has 0 bridgehead atoms. The quantitative estimate of drug-likeness (QED) is 0.669. The van der Waals surface area contributed by atoms with Gasteiger partial charge >= 0.3 is 0 Å². The predicted molar refractivity (Wildman–Crippen MR) is 115 cm³/mol. The number of nitrogens with two attached hydrogens (primary N) is 1. The van der Waals surface area contributed by atoms with Crippen LogP contribution in [0.3, 0.4) is 0 Å². The normalized spacial score (nSPS) is 14.2. The zero-order valence-electron chi connectivity index (χ0n) is 15.0. The van der Waals surface area contributed by atoms with Crippen molar-refractivity contribution in [2.45, 2.75) is 0 Å². The van der Waals surface area contributed by atoms with E-state index in [0.717, 1.165) is 43.5 Å². The number of aromatic nitrogens is 3. The van der Waals surface area contributed by atoms with E-state index in [9.17, 15) is 0 Å². The molecule has 3 heterocycles. The number of nitrogens with one attached hydrogen (secondary N) is 1. The Balaban J connectivity index is 1.49. The Hall–Kier alpha value is -2.77. The largest absolute Gasteiger partial charge is 0.393 e. The summed E-state index contributed by atoms with van der Waals surface area (Å²) in [5.41, 5.74) is 7.62. The molecular formula is C19H19Cl2N7. The molecule has 7 nitrogen and oxygen atoms in total.